The van der Waals surface area contributed by atoms with Crippen molar-refractivity contribution in [3.05, 3.63) is 34.6 Å². The average molecular weight is 278 g/mol. The molecule has 0 radical (unpaired) electrons. The maximum atomic E-state index is 12.9. The van der Waals surface area contributed by atoms with Crippen LogP contribution in [0.3, 0.4) is 0 Å². The molecule has 0 heterocycles. The van der Waals surface area contributed by atoms with Crippen molar-refractivity contribution in [3.8, 4) is 0 Å². The maximum absolute atomic E-state index is 12.9. The molecule has 5 heteroatoms. The summed E-state index contributed by atoms with van der Waals surface area (Å²) < 4.78 is 12.9. The molecular formula is C12H14Cl2FNO. The van der Waals surface area contributed by atoms with Gasteiger partial charge in [0.2, 0.25) is 0 Å². The van der Waals surface area contributed by atoms with Gasteiger partial charge in [0.05, 0.1) is 5.02 Å². The van der Waals surface area contributed by atoms with Crippen LogP contribution >= 0.6 is 23.2 Å². The third-order valence-corrected chi connectivity index (χ3v) is 3.18. The Kier molecular flexibility index (Phi) is 5.72. The number of amides is 1. The summed E-state index contributed by atoms with van der Waals surface area (Å²) >= 11 is 11.5. The quantitative estimate of drug-likeness (QED) is 0.819. The fourth-order valence-electron chi connectivity index (χ4n) is 1.29. The van der Waals surface area contributed by atoms with Crippen LogP contribution in [-0.2, 0) is 0 Å². The lowest BCUT2D eigenvalue weighted by Crippen LogP contribution is -2.26. The number of hydrogen-bond acceptors (Lipinski definition) is 1. The molecule has 0 aliphatic carbocycles. The van der Waals surface area contributed by atoms with E-state index in [1.807, 2.05) is 6.92 Å². The van der Waals surface area contributed by atoms with E-state index in [1.165, 1.54) is 18.2 Å². The van der Waals surface area contributed by atoms with Gasteiger partial charge in [-0.1, -0.05) is 18.5 Å². The second-order valence-corrected chi connectivity index (χ2v) is 4.70. The van der Waals surface area contributed by atoms with Crippen molar-refractivity contribution in [2.45, 2.75) is 25.1 Å². The van der Waals surface area contributed by atoms with Gasteiger partial charge in [0, 0.05) is 17.5 Å². The van der Waals surface area contributed by atoms with E-state index in [9.17, 15) is 9.18 Å². The molecular weight excluding hydrogens is 264 g/mol. The molecule has 1 aromatic rings. The number of halogens is 3. The van der Waals surface area contributed by atoms with E-state index in [-0.39, 0.29) is 16.3 Å². The molecule has 0 saturated carbocycles. The van der Waals surface area contributed by atoms with Gasteiger partial charge in [-0.2, -0.15) is 0 Å². The Hall–Kier alpha value is -0.800. The second kappa shape index (κ2) is 6.82. The predicted molar refractivity (Wildman–Crippen MR) is 68.3 cm³/mol. The summed E-state index contributed by atoms with van der Waals surface area (Å²) in [6, 6.07) is 3.88. The monoisotopic (exact) mass is 277 g/mol. The minimum atomic E-state index is -0.532. The Balaban J connectivity index is 2.50. The molecule has 0 aliphatic heterocycles. The van der Waals surface area contributed by atoms with Crippen LogP contribution in [0.1, 0.15) is 30.1 Å². The highest BCUT2D eigenvalue weighted by atomic mass is 35.5. The molecule has 2 nitrogen and oxygen atoms in total. The lowest BCUT2D eigenvalue weighted by Gasteiger charge is -2.08. The van der Waals surface area contributed by atoms with Crippen LogP contribution in [0.5, 0.6) is 0 Å². The number of hydrogen-bond donors (Lipinski definition) is 1. The van der Waals surface area contributed by atoms with Crippen LogP contribution in [0, 0.1) is 5.82 Å². The van der Waals surface area contributed by atoms with E-state index < -0.39 is 5.82 Å². The zero-order chi connectivity index (χ0) is 12.8. The standard InChI is InChI=1S/C12H14Cl2FNO/c1-2-9(13)5-6-16-12(17)8-3-4-11(15)10(14)7-8/h3-4,7,9H,2,5-6H2,1H3,(H,16,17). The first kappa shape index (κ1) is 14.3. The number of benzene rings is 1. The van der Waals surface area contributed by atoms with E-state index in [2.05, 4.69) is 5.32 Å². The maximum Gasteiger partial charge on any atom is 0.251 e. The van der Waals surface area contributed by atoms with Gasteiger partial charge in [0.1, 0.15) is 5.82 Å². The van der Waals surface area contributed by atoms with Gasteiger partial charge < -0.3 is 5.32 Å². The highest BCUT2D eigenvalue weighted by molar-refractivity contribution is 6.31. The zero-order valence-corrected chi connectivity index (χ0v) is 11.0. The third kappa shape index (κ3) is 4.52. The van der Waals surface area contributed by atoms with Crippen molar-refractivity contribution in [2.75, 3.05) is 6.54 Å². The van der Waals surface area contributed by atoms with Crippen molar-refractivity contribution in [1.29, 1.82) is 0 Å². The molecule has 1 rings (SSSR count). The molecule has 0 fully saturated rings. The SMILES string of the molecule is CCC(Cl)CCNC(=O)c1ccc(F)c(Cl)c1. The Labute approximate surface area is 110 Å². The van der Waals surface area contributed by atoms with E-state index in [0.29, 0.717) is 18.5 Å². The van der Waals surface area contributed by atoms with Crippen LogP contribution < -0.4 is 5.32 Å². The number of carbonyl (C=O) groups is 1. The Bertz CT molecular complexity index is 398. The summed E-state index contributed by atoms with van der Waals surface area (Å²) in [5, 5.41) is 2.71. The molecule has 17 heavy (non-hydrogen) atoms. The van der Waals surface area contributed by atoms with E-state index in [0.717, 1.165) is 6.42 Å². The normalized spacial score (nSPS) is 12.2. The van der Waals surface area contributed by atoms with Crippen LogP contribution in [0.25, 0.3) is 0 Å². The van der Waals surface area contributed by atoms with Crippen LogP contribution in [0.2, 0.25) is 5.02 Å². The molecule has 1 unspecified atom stereocenters. The minimum absolute atomic E-state index is 0.0542. The Morgan fingerprint density at radius 1 is 1.53 bits per heavy atom. The first-order valence-electron chi connectivity index (χ1n) is 5.42. The summed E-state index contributed by atoms with van der Waals surface area (Å²) in [5.41, 5.74) is 0.346. The van der Waals surface area contributed by atoms with Gasteiger partial charge >= 0.3 is 0 Å². The van der Waals surface area contributed by atoms with E-state index in [4.69, 9.17) is 23.2 Å². The fourth-order valence-corrected chi connectivity index (χ4v) is 1.58. The first-order valence-corrected chi connectivity index (χ1v) is 6.23. The largest absolute Gasteiger partial charge is 0.352 e. The molecule has 1 N–H and O–H groups in total. The molecule has 1 atom stereocenters. The molecule has 94 valence electrons. The van der Waals surface area contributed by atoms with Crippen molar-refractivity contribution in [3.63, 3.8) is 0 Å². The van der Waals surface area contributed by atoms with Crippen LogP contribution in [0.4, 0.5) is 4.39 Å². The zero-order valence-electron chi connectivity index (χ0n) is 9.47. The van der Waals surface area contributed by atoms with Gasteiger partial charge in [-0.05, 0) is 31.0 Å². The van der Waals surface area contributed by atoms with Gasteiger partial charge in [-0.15, -0.1) is 11.6 Å². The molecule has 0 saturated heterocycles. The number of nitrogens with one attached hydrogen (secondary N) is 1. The van der Waals surface area contributed by atoms with Crippen molar-refractivity contribution in [1.82, 2.24) is 5.32 Å². The lowest BCUT2D eigenvalue weighted by atomic mass is 10.2. The Morgan fingerprint density at radius 3 is 2.82 bits per heavy atom. The number of alkyl halides is 1. The smallest absolute Gasteiger partial charge is 0.251 e. The minimum Gasteiger partial charge on any atom is -0.352 e. The number of rotatable bonds is 5. The summed E-state index contributed by atoms with van der Waals surface area (Å²) in [6.45, 7) is 2.48. The van der Waals surface area contributed by atoms with Gasteiger partial charge in [0.25, 0.3) is 5.91 Å². The molecule has 0 spiro atoms. The molecule has 1 aromatic carbocycles. The van der Waals surface area contributed by atoms with Gasteiger partial charge in [-0.25, -0.2) is 4.39 Å². The first-order chi connectivity index (χ1) is 8.04. The molecule has 0 aromatic heterocycles. The fraction of sp³-hybridized carbons (Fsp3) is 0.417. The van der Waals surface area contributed by atoms with Crippen LogP contribution in [-0.4, -0.2) is 17.8 Å². The molecule has 0 bridgehead atoms. The summed E-state index contributed by atoms with van der Waals surface area (Å²) in [4.78, 5) is 11.6. The Morgan fingerprint density at radius 2 is 2.24 bits per heavy atom. The van der Waals surface area contributed by atoms with E-state index >= 15 is 0 Å². The second-order valence-electron chi connectivity index (χ2n) is 3.68. The average Bonchev–Trinajstić information content (AvgIpc) is 2.32. The lowest BCUT2D eigenvalue weighted by molar-refractivity contribution is 0.0953. The summed E-state index contributed by atoms with van der Waals surface area (Å²) in [5.74, 6) is -0.804. The van der Waals surface area contributed by atoms with E-state index in [1.54, 1.807) is 0 Å². The van der Waals surface area contributed by atoms with Crippen molar-refractivity contribution in [2.24, 2.45) is 0 Å². The third-order valence-electron chi connectivity index (χ3n) is 2.37. The molecule has 1 amide bonds. The van der Waals surface area contributed by atoms with Gasteiger partial charge in [0.15, 0.2) is 0 Å². The highest BCUT2D eigenvalue weighted by Crippen LogP contribution is 2.15. The predicted octanol–water partition coefficient (Wildman–Crippen LogP) is 3.62. The summed E-state index contributed by atoms with van der Waals surface area (Å²) in [7, 11) is 0. The number of carbonyl (C=O) groups excluding carboxylic acids is 1. The molecule has 0 aliphatic rings. The van der Waals surface area contributed by atoms with Crippen LogP contribution in [0.15, 0.2) is 18.2 Å². The highest BCUT2D eigenvalue weighted by Gasteiger charge is 2.09. The van der Waals surface area contributed by atoms with Crippen molar-refractivity contribution < 1.29 is 9.18 Å². The topological polar surface area (TPSA) is 29.1 Å². The summed E-state index contributed by atoms with van der Waals surface area (Å²) in [6.07, 6.45) is 1.57. The van der Waals surface area contributed by atoms with Gasteiger partial charge in [-0.3, -0.25) is 4.79 Å². The van der Waals surface area contributed by atoms with Crippen molar-refractivity contribution >= 4 is 29.1 Å².